The summed E-state index contributed by atoms with van der Waals surface area (Å²) in [7, 11) is 3.23. The van der Waals surface area contributed by atoms with Gasteiger partial charge < -0.3 is 14.6 Å². The van der Waals surface area contributed by atoms with Crippen LogP contribution in [0, 0.1) is 5.82 Å². The molecular weight excluding hydrogens is 461 g/mol. The predicted molar refractivity (Wildman–Crippen MR) is 126 cm³/mol. The highest BCUT2D eigenvalue weighted by atomic mass is 32.2. The van der Waals surface area contributed by atoms with E-state index in [2.05, 4.69) is 31.3 Å². The number of carbonyl (C=O) groups is 2. The maximum absolute atomic E-state index is 13.6. The molecular formula is C22H20FN7O3S. The molecule has 0 aliphatic heterocycles. The average Bonchev–Trinajstić information content (AvgIpc) is 3.21. The summed E-state index contributed by atoms with van der Waals surface area (Å²) in [6.45, 7) is 0. The summed E-state index contributed by atoms with van der Waals surface area (Å²) in [5.41, 5.74) is 6.25. The van der Waals surface area contributed by atoms with Crippen molar-refractivity contribution < 1.29 is 18.7 Å². The second-order valence-corrected chi connectivity index (χ2v) is 7.96. The minimum absolute atomic E-state index is 0.00859. The molecule has 174 valence electrons. The van der Waals surface area contributed by atoms with Crippen LogP contribution in [0.15, 0.2) is 59.8 Å². The van der Waals surface area contributed by atoms with E-state index in [0.29, 0.717) is 39.0 Å². The molecule has 4 rings (SSSR count). The first-order valence-electron chi connectivity index (χ1n) is 10.0. The number of methoxy groups -OCH3 is 1. The molecule has 0 fully saturated rings. The fourth-order valence-electron chi connectivity index (χ4n) is 3.09. The lowest BCUT2D eigenvalue weighted by Gasteiger charge is -2.09. The van der Waals surface area contributed by atoms with E-state index in [1.54, 1.807) is 48.0 Å². The average molecular weight is 482 g/mol. The Hall–Kier alpha value is -4.19. The van der Waals surface area contributed by atoms with Gasteiger partial charge in [0.1, 0.15) is 17.3 Å². The maximum atomic E-state index is 13.6. The smallest absolute Gasteiger partial charge is 0.337 e. The van der Waals surface area contributed by atoms with Gasteiger partial charge in [-0.15, -0.1) is 10.2 Å². The molecule has 12 heteroatoms. The Morgan fingerprint density at radius 3 is 2.65 bits per heavy atom. The van der Waals surface area contributed by atoms with E-state index in [-0.39, 0.29) is 11.6 Å². The molecule has 0 spiro atoms. The third-order valence-electron chi connectivity index (χ3n) is 4.70. The Balaban J connectivity index is 1.38. The Kier molecular flexibility index (Phi) is 6.87. The highest BCUT2D eigenvalue weighted by molar-refractivity contribution is 7.99. The fraction of sp³-hybridized carbons (Fsp3) is 0.136. The van der Waals surface area contributed by atoms with Gasteiger partial charge in [-0.3, -0.25) is 10.2 Å². The summed E-state index contributed by atoms with van der Waals surface area (Å²) in [4.78, 5) is 28.5. The number of para-hydroxylation sites is 1. The molecule has 0 atom stereocenters. The molecule has 0 bridgehead atoms. The second kappa shape index (κ2) is 10.2. The number of thioether (sulfide) groups is 1. The van der Waals surface area contributed by atoms with E-state index in [9.17, 15) is 14.0 Å². The van der Waals surface area contributed by atoms with Gasteiger partial charge in [0.25, 0.3) is 0 Å². The van der Waals surface area contributed by atoms with E-state index in [1.807, 2.05) is 6.07 Å². The molecule has 4 aromatic rings. The first-order chi connectivity index (χ1) is 16.4. The van der Waals surface area contributed by atoms with Crippen molar-refractivity contribution in [3.8, 4) is 17.3 Å². The monoisotopic (exact) mass is 481 g/mol. The van der Waals surface area contributed by atoms with Gasteiger partial charge in [0.2, 0.25) is 5.91 Å². The maximum Gasteiger partial charge on any atom is 0.337 e. The number of anilines is 1. The summed E-state index contributed by atoms with van der Waals surface area (Å²) in [6.07, 6.45) is 0. The highest BCUT2D eigenvalue weighted by Gasteiger charge is 2.17. The van der Waals surface area contributed by atoms with Crippen molar-refractivity contribution in [1.82, 2.24) is 30.6 Å². The van der Waals surface area contributed by atoms with Gasteiger partial charge in [0.05, 0.1) is 18.4 Å². The van der Waals surface area contributed by atoms with Crippen molar-refractivity contribution >= 4 is 40.3 Å². The van der Waals surface area contributed by atoms with Crippen LogP contribution < -0.4 is 20.9 Å². The number of aromatic nitrogens is 4. The third-order valence-corrected chi connectivity index (χ3v) is 5.72. The minimum atomic E-state index is -0.568. The molecule has 10 nitrogen and oxygen atoms in total. The number of amides is 3. The molecule has 34 heavy (non-hydrogen) atoms. The van der Waals surface area contributed by atoms with E-state index in [0.717, 1.165) is 11.8 Å². The van der Waals surface area contributed by atoms with Crippen LogP contribution in [0.25, 0.3) is 22.4 Å². The zero-order valence-electron chi connectivity index (χ0n) is 18.2. The Morgan fingerprint density at radius 2 is 1.88 bits per heavy atom. The largest absolute Gasteiger partial charge is 0.496 e. The third kappa shape index (κ3) is 5.23. The number of rotatable bonds is 6. The zero-order chi connectivity index (χ0) is 24.1. The van der Waals surface area contributed by atoms with E-state index in [1.165, 1.54) is 19.2 Å². The molecule has 0 radical (unpaired) electrons. The molecule has 0 saturated heterocycles. The fourth-order valence-corrected chi connectivity index (χ4v) is 3.80. The van der Waals surface area contributed by atoms with Gasteiger partial charge >= 0.3 is 6.03 Å². The van der Waals surface area contributed by atoms with Crippen molar-refractivity contribution in [3.05, 3.63) is 60.4 Å². The normalized spacial score (nSPS) is 10.7. The number of benzene rings is 2. The second-order valence-electron chi connectivity index (χ2n) is 7.02. The summed E-state index contributed by atoms with van der Waals surface area (Å²) in [6, 6.07) is 14.2. The molecule has 0 saturated carbocycles. The molecule has 2 heterocycles. The topological polar surface area (TPSA) is 123 Å². The quantitative estimate of drug-likeness (QED) is 0.286. The van der Waals surface area contributed by atoms with Crippen molar-refractivity contribution in [1.29, 1.82) is 0 Å². The summed E-state index contributed by atoms with van der Waals surface area (Å²) >= 11 is 1.14. The van der Waals surface area contributed by atoms with E-state index in [4.69, 9.17) is 4.74 Å². The number of fused-ring (bicyclic) bond motifs is 1. The van der Waals surface area contributed by atoms with Crippen LogP contribution in [0.1, 0.15) is 0 Å². The predicted octanol–water partition coefficient (Wildman–Crippen LogP) is 3.12. The number of nitrogens with one attached hydrogen (secondary N) is 3. The van der Waals surface area contributed by atoms with Gasteiger partial charge in [0.15, 0.2) is 11.0 Å². The van der Waals surface area contributed by atoms with Crippen LogP contribution in [0.5, 0.6) is 5.75 Å². The van der Waals surface area contributed by atoms with Gasteiger partial charge in [-0.1, -0.05) is 30.0 Å². The number of carbonyl (C=O) groups excluding carboxylic acids is 2. The van der Waals surface area contributed by atoms with Gasteiger partial charge in [0, 0.05) is 24.2 Å². The van der Waals surface area contributed by atoms with Crippen LogP contribution in [0.2, 0.25) is 0 Å². The van der Waals surface area contributed by atoms with Crippen molar-refractivity contribution in [2.24, 2.45) is 7.05 Å². The molecule has 0 aliphatic rings. The molecule has 3 amide bonds. The summed E-state index contributed by atoms with van der Waals surface area (Å²) in [5, 5.41) is 11.9. The molecule has 0 aliphatic carbocycles. The van der Waals surface area contributed by atoms with Crippen molar-refractivity contribution in [2.75, 3.05) is 18.2 Å². The molecule has 2 aromatic carbocycles. The summed E-state index contributed by atoms with van der Waals surface area (Å²) in [5.74, 6) is 0.0859. The summed E-state index contributed by atoms with van der Waals surface area (Å²) < 4.78 is 20.7. The van der Waals surface area contributed by atoms with E-state index < -0.39 is 11.9 Å². The van der Waals surface area contributed by atoms with Crippen LogP contribution in [-0.4, -0.2) is 44.5 Å². The van der Waals surface area contributed by atoms with Gasteiger partial charge in [-0.05, 0) is 30.3 Å². The Bertz CT molecular complexity index is 1350. The molecule has 2 aromatic heterocycles. The number of urea groups is 1. The zero-order valence-corrected chi connectivity index (χ0v) is 19.0. The Labute approximate surface area is 197 Å². The number of hydrazine groups is 1. The molecule has 0 unspecified atom stereocenters. The number of ether oxygens (including phenoxy) is 1. The number of hydrogen-bond donors (Lipinski definition) is 3. The number of hydrogen-bond acceptors (Lipinski definition) is 7. The van der Waals surface area contributed by atoms with Crippen LogP contribution in [0.4, 0.5) is 14.9 Å². The van der Waals surface area contributed by atoms with Crippen LogP contribution in [-0.2, 0) is 11.8 Å². The van der Waals surface area contributed by atoms with Crippen LogP contribution in [0.3, 0.4) is 0 Å². The lowest BCUT2D eigenvalue weighted by Crippen LogP contribution is -2.44. The SMILES string of the molecule is COc1cc(-c2nnc(SCC(=O)NNC(=O)Nc3ccccc3)n2C)nc2ccc(F)cc12. The lowest BCUT2D eigenvalue weighted by molar-refractivity contribution is -0.119. The van der Waals surface area contributed by atoms with Gasteiger partial charge in [-0.25, -0.2) is 19.6 Å². The first kappa shape index (κ1) is 23.0. The lowest BCUT2D eigenvalue weighted by atomic mass is 10.1. The van der Waals surface area contributed by atoms with E-state index >= 15 is 0 Å². The number of pyridine rings is 1. The standard InChI is InChI=1S/C22H20FN7O3S/c1-30-20(17-11-18(33-2)15-10-13(23)8-9-16(15)25-17)27-29-22(30)34-12-19(31)26-28-21(32)24-14-6-4-3-5-7-14/h3-11H,12H2,1-2H3,(H,26,31)(H2,24,28,32). The highest BCUT2D eigenvalue weighted by Crippen LogP contribution is 2.30. The Morgan fingerprint density at radius 1 is 1.09 bits per heavy atom. The number of halogens is 1. The van der Waals surface area contributed by atoms with Gasteiger partial charge in [-0.2, -0.15) is 0 Å². The molecule has 3 N–H and O–H groups in total. The number of nitrogens with zero attached hydrogens (tertiary/aromatic N) is 4. The minimum Gasteiger partial charge on any atom is -0.496 e. The van der Waals surface area contributed by atoms with Crippen molar-refractivity contribution in [2.45, 2.75) is 5.16 Å². The van der Waals surface area contributed by atoms with Crippen LogP contribution >= 0.6 is 11.8 Å². The first-order valence-corrected chi connectivity index (χ1v) is 11.0. The van der Waals surface area contributed by atoms with Crippen molar-refractivity contribution in [3.63, 3.8) is 0 Å².